The van der Waals surface area contributed by atoms with Crippen LogP contribution in [0.15, 0.2) is 23.4 Å². The predicted molar refractivity (Wildman–Crippen MR) is 125 cm³/mol. The van der Waals surface area contributed by atoms with Gasteiger partial charge >= 0.3 is 0 Å². The number of sulfonamides is 1. The first kappa shape index (κ1) is 24.7. The molecule has 3 rings (SSSR count). The highest BCUT2D eigenvalue weighted by Gasteiger charge is 2.22. The summed E-state index contributed by atoms with van der Waals surface area (Å²) in [5.74, 6) is 0.265. The third kappa shape index (κ3) is 7.28. The summed E-state index contributed by atoms with van der Waals surface area (Å²) in [6, 6.07) is 4.78. The zero-order chi connectivity index (χ0) is 23.3. The van der Waals surface area contributed by atoms with Gasteiger partial charge in [0.1, 0.15) is 5.82 Å². The number of hydrogen-bond acceptors (Lipinski definition) is 8. The van der Waals surface area contributed by atoms with Crippen molar-refractivity contribution in [2.45, 2.75) is 62.4 Å². The summed E-state index contributed by atoms with van der Waals surface area (Å²) < 4.78 is 40.1. The molecule has 1 aliphatic carbocycles. The van der Waals surface area contributed by atoms with Crippen LogP contribution in [0.5, 0.6) is 0 Å². The number of nitrogens with zero attached hydrogens (tertiary/aromatic N) is 3. The molecule has 0 unspecified atom stereocenters. The zero-order valence-corrected chi connectivity index (χ0v) is 20.1. The van der Waals surface area contributed by atoms with Crippen LogP contribution >= 0.6 is 11.8 Å². The van der Waals surface area contributed by atoms with Gasteiger partial charge in [0, 0.05) is 10.8 Å². The van der Waals surface area contributed by atoms with Gasteiger partial charge in [0.15, 0.2) is 5.16 Å². The molecular formula is C21H30FN5O3S2. The highest BCUT2D eigenvalue weighted by molar-refractivity contribution is 7.99. The molecule has 0 amide bonds. The minimum absolute atomic E-state index is 0.0928. The van der Waals surface area contributed by atoms with Crippen molar-refractivity contribution in [3.05, 3.63) is 35.1 Å². The molecule has 3 N–H and O–H groups in total. The Hall–Kier alpha value is -1.98. The predicted octanol–water partition coefficient (Wildman–Crippen LogP) is 3.90. The lowest BCUT2D eigenvalue weighted by Gasteiger charge is -2.20. The number of aliphatic hydroxyl groups is 1. The quantitative estimate of drug-likeness (QED) is 0.436. The van der Waals surface area contributed by atoms with Crippen LogP contribution in [-0.2, 0) is 10.0 Å². The van der Waals surface area contributed by atoms with Crippen molar-refractivity contribution in [1.29, 1.82) is 0 Å². The molecule has 0 saturated heterocycles. The van der Waals surface area contributed by atoms with Gasteiger partial charge in [-0.25, -0.2) is 12.8 Å². The highest BCUT2D eigenvalue weighted by Crippen LogP contribution is 2.35. The van der Waals surface area contributed by atoms with Gasteiger partial charge in [0.25, 0.3) is 0 Å². The van der Waals surface area contributed by atoms with Gasteiger partial charge < -0.3 is 10.4 Å². The second-order valence-corrected chi connectivity index (χ2v) is 11.4. The fourth-order valence-electron chi connectivity index (χ4n) is 3.88. The van der Waals surface area contributed by atoms with Crippen LogP contribution in [-0.4, -0.2) is 47.4 Å². The van der Waals surface area contributed by atoms with Gasteiger partial charge in [0.2, 0.25) is 21.9 Å². The summed E-state index contributed by atoms with van der Waals surface area (Å²) in [6.07, 6.45) is 6.46. The van der Waals surface area contributed by atoms with Crippen LogP contribution in [0.2, 0.25) is 0 Å². The van der Waals surface area contributed by atoms with Crippen LogP contribution in [0.25, 0.3) is 0 Å². The van der Waals surface area contributed by atoms with Crippen molar-refractivity contribution in [2.75, 3.05) is 22.9 Å². The molecule has 0 spiro atoms. The van der Waals surface area contributed by atoms with Crippen molar-refractivity contribution >= 4 is 33.7 Å². The number of aliphatic hydroxyl groups excluding tert-OH is 1. The van der Waals surface area contributed by atoms with E-state index >= 15 is 0 Å². The second kappa shape index (κ2) is 10.8. The van der Waals surface area contributed by atoms with Gasteiger partial charge in [-0.05, 0) is 37.8 Å². The summed E-state index contributed by atoms with van der Waals surface area (Å²) in [7, 11) is -3.60. The maximum absolute atomic E-state index is 14.4. The maximum Gasteiger partial charge on any atom is 0.242 e. The molecule has 176 valence electrons. The Kier molecular flexibility index (Phi) is 8.29. The minimum Gasteiger partial charge on any atom is -0.394 e. The number of rotatable bonds is 10. The van der Waals surface area contributed by atoms with Crippen LogP contribution in [0.4, 0.5) is 16.3 Å². The number of aryl methyl sites for hydroxylation is 1. The smallest absolute Gasteiger partial charge is 0.242 e. The second-order valence-electron chi connectivity index (χ2n) is 8.33. The fourth-order valence-corrected chi connectivity index (χ4v) is 5.21. The largest absolute Gasteiger partial charge is 0.394 e. The van der Waals surface area contributed by atoms with Crippen molar-refractivity contribution in [3.8, 4) is 0 Å². The minimum atomic E-state index is -3.60. The molecule has 0 bridgehead atoms. The molecular weight excluding hydrogens is 453 g/mol. The molecule has 1 saturated carbocycles. The Morgan fingerprint density at radius 3 is 2.53 bits per heavy atom. The van der Waals surface area contributed by atoms with E-state index in [2.05, 4.69) is 25.0 Å². The van der Waals surface area contributed by atoms with Gasteiger partial charge in [-0.1, -0.05) is 49.6 Å². The summed E-state index contributed by atoms with van der Waals surface area (Å²) in [6.45, 7) is 3.56. The third-order valence-corrected chi connectivity index (χ3v) is 6.97. The Labute approximate surface area is 192 Å². The fraction of sp³-hybridized carbons (Fsp3) is 0.571. The lowest BCUT2D eigenvalue weighted by Crippen LogP contribution is -2.28. The number of benzene rings is 1. The molecule has 0 aliphatic heterocycles. The standard InChI is InChI=1S/C21H30FN5O3S2/c1-13-8-9-17(18(22)10-13)14(2)31-21-25-19(24-20(26-21)27-32(3,29)30)23-16(12-28)11-15-6-4-5-7-15/h8-10,14-16,28H,4-7,11-12H2,1-3H3,(H2,23,24,25,26,27)/t14-,16+/m0/s1. The number of thioether (sulfide) groups is 1. The monoisotopic (exact) mass is 483 g/mol. The van der Waals surface area contributed by atoms with Gasteiger partial charge in [-0.15, -0.1) is 0 Å². The summed E-state index contributed by atoms with van der Waals surface area (Å²) in [5.41, 5.74) is 1.33. The first-order chi connectivity index (χ1) is 15.1. The van der Waals surface area contributed by atoms with E-state index in [1.165, 1.54) is 30.7 Å². The van der Waals surface area contributed by atoms with Crippen LogP contribution in [0, 0.1) is 18.7 Å². The summed E-state index contributed by atoms with van der Waals surface area (Å²) in [4.78, 5) is 12.8. The Balaban J connectivity index is 1.83. The molecule has 2 atom stereocenters. The van der Waals surface area contributed by atoms with E-state index in [1.807, 2.05) is 19.9 Å². The number of nitrogens with one attached hydrogen (secondary N) is 2. The third-order valence-electron chi connectivity index (χ3n) is 5.41. The van der Waals surface area contributed by atoms with Gasteiger partial charge in [-0.3, -0.25) is 4.72 Å². The maximum atomic E-state index is 14.4. The molecule has 1 aliphatic rings. The summed E-state index contributed by atoms with van der Waals surface area (Å²) >= 11 is 1.20. The highest BCUT2D eigenvalue weighted by atomic mass is 32.2. The molecule has 1 aromatic carbocycles. The number of aromatic nitrogens is 3. The van der Waals surface area contributed by atoms with Crippen LogP contribution in [0.3, 0.4) is 0 Å². The lowest BCUT2D eigenvalue weighted by molar-refractivity contribution is 0.254. The number of anilines is 2. The van der Waals surface area contributed by atoms with E-state index in [4.69, 9.17) is 0 Å². The SMILES string of the molecule is Cc1ccc([C@H](C)Sc2nc(N[C@@H](CO)CC3CCCC3)nc(NS(C)(=O)=O)n2)c(F)c1. The van der Waals surface area contributed by atoms with E-state index in [0.29, 0.717) is 11.5 Å². The lowest BCUT2D eigenvalue weighted by atomic mass is 9.99. The summed E-state index contributed by atoms with van der Waals surface area (Å²) in [5, 5.41) is 12.9. The first-order valence-electron chi connectivity index (χ1n) is 10.7. The number of halogens is 1. The van der Waals surface area contributed by atoms with Crippen molar-refractivity contribution in [1.82, 2.24) is 15.0 Å². The Morgan fingerprint density at radius 2 is 1.91 bits per heavy atom. The van der Waals surface area contributed by atoms with Gasteiger partial charge in [-0.2, -0.15) is 15.0 Å². The Bertz CT molecular complexity index is 1030. The van der Waals surface area contributed by atoms with E-state index in [0.717, 1.165) is 31.1 Å². The molecule has 2 aromatic rings. The van der Waals surface area contributed by atoms with E-state index in [9.17, 15) is 17.9 Å². The van der Waals surface area contributed by atoms with E-state index in [-0.39, 0.29) is 40.8 Å². The normalized spacial score (nSPS) is 16.7. The van der Waals surface area contributed by atoms with Crippen molar-refractivity contribution in [2.24, 2.45) is 5.92 Å². The molecule has 11 heteroatoms. The van der Waals surface area contributed by atoms with Crippen LogP contribution in [0.1, 0.15) is 55.4 Å². The molecule has 0 radical (unpaired) electrons. The van der Waals surface area contributed by atoms with Crippen molar-refractivity contribution in [3.63, 3.8) is 0 Å². The molecule has 1 heterocycles. The number of hydrogen-bond donors (Lipinski definition) is 3. The van der Waals surface area contributed by atoms with Gasteiger partial charge in [0.05, 0.1) is 18.9 Å². The first-order valence-corrected chi connectivity index (χ1v) is 13.4. The molecule has 1 aromatic heterocycles. The zero-order valence-electron chi connectivity index (χ0n) is 18.5. The van der Waals surface area contributed by atoms with E-state index < -0.39 is 10.0 Å². The van der Waals surface area contributed by atoms with Crippen LogP contribution < -0.4 is 10.0 Å². The average molecular weight is 484 g/mol. The molecule has 32 heavy (non-hydrogen) atoms. The average Bonchev–Trinajstić information content (AvgIpc) is 3.18. The van der Waals surface area contributed by atoms with E-state index in [1.54, 1.807) is 6.07 Å². The topological polar surface area (TPSA) is 117 Å². The van der Waals surface area contributed by atoms with Crippen molar-refractivity contribution < 1.29 is 17.9 Å². The molecule has 8 nitrogen and oxygen atoms in total. The molecule has 1 fully saturated rings. The Morgan fingerprint density at radius 1 is 1.22 bits per heavy atom.